The summed E-state index contributed by atoms with van der Waals surface area (Å²) < 4.78 is 1.56. The maximum Gasteiger partial charge on any atom is 0.332 e. The summed E-state index contributed by atoms with van der Waals surface area (Å²) in [5.74, 6) is 5.37. The zero-order chi connectivity index (χ0) is 14.0. The van der Waals surface area contributed by atoms with Crippen LogP contribution in [0.3, 0.4) is 0 Å². The van der Waals surface area contributed by atoms with Gasteiger partial charge < -0.3 is 5.32 Å². The third kappa shape index (κ3) is 2.57. The number of nitrogen functional groups attached to an aromatic ring is 1. The molecule has 0 aliphatic rings. The lowest BCUT2D eigenvalue weighted by molar-refractivity contribution is -0.385. The van der Waals surface area contributed by atoms with E-state index < -0.39 is 4.92 Å². The molecule has 0 unspecified atom stereocenters. The van der Waals surface area contributed by atoms with Crippen molar-refractivity contribution in [1.82, 2.24) is 19.7 Å². The number of nitro groups is 1. The van der Waals surface area contributed by atoms with E-state index in [0.29, 0.717) is 5.69 Å². The van der Waals surface area contributed by atoms with Gasteiger partial charge in [-0.1, -0.05) is 0 Å². The van der Waals surface area contributed by atoms with Crippen LogP contribution in [0.15, 0.2) is 12.4 Å². The van der Waals surface area contributed by atoms with Gasteiger partial charge >= 0.3 is 5.69 Å². The molecule has 19 heavy (non-hydrogen) atoms. The third-order valence-electron chi connectivity index (χ3n) is 2.34. The summed E-state index contributed by atoms with van der Waals surface area (Å²) in [5, 5.41) is 17.8. The Morgan fingerprint density at radius 2 is 2.21 bits per heavy atom. The molecule has 2 aromatic heterocycles. The van der Waals surface area contributed by atoms with Crippen molar-refractivity contribution in [2.75, 3.05) is 10.7 Å². The molecule has 0 fully saturated rings. The monoisotopic (exact) mass is 264 g/mol. The zero-order valence-corrected chi connectivity index (χ0v) is 10.3. The molecule has 0 amide bonds. The van der Waals surface area contributed by atoms with Crippen LogP contribution >= 0.6 is 0 Å². The number of hydrazine groups is 1. The molecule has 2 heterocycles. The van der Waals surface area contributed by atoms with Crippen LogP contribution in [0.25, 0.3) is 0 Å². The minimum absolute atomic E-state index is 0.0541. The zero-order valence-electron chi connectivity index (χ0n) is 10.3. The highest BCUT2D eigenvalue weighted by Gasteiger charge is 2.22. The maximum absolute atomic E-state index is 11.1. The molecule has 10 nitrogen and oxygen atoms in total. The Morgan fingerprint density at radius 1 is 1.47 bits per heavy atom. The lowest BCUT2D eigenvalue weighted by atomic mass is 10.3. The van der Waals surface area contributed by atoms with Crippen molar-refractivity contribution in [3.05, 3.63) is 28.2 Å². The Labute approximate surface area is 107 Å². The Bertz CT molecular complexity index is 623. The largest absolute Gasteiger partial charge is 0.332 e. The van der Waals surface area contributed by atoms with Gasteiger partial charge in [0.05, 0.1) is 16.8 Å². The summed E-state index contributed by atoms with van der Waals surface area (Å²) in [5.41, 5.74) is 2.84. The number of aryl methyl sites for hydroxylation is 2. The van der Waals surface area contributed by atoms with Crippen LogP contribution in [0, 0.1) is 17.0 Å². The summed E-state index contributed by atoms with van der Waals surface area (Å²) in [4.78, 5) is 18.3. The van der Waals surface area contributed by atoms with Crippen molar-refractivity contribution in [1.29, 1.82) is 0 Å². The molecule has 0 aliphatic carbocycles. The first kappa shape index (κ1) is 12.7. The lowest BCUT2D eigenvalue weighted by Gasteiger charge is -2.07. The van der Waals surface area contributed by atoms with Gasteiger partial charge in [0.25, 0.3) is 0 Å². The van der Waals surface area contributed by atoms with Crippen molar-refractivity contribution < 1.29 is 4.92 Å². The van der Waals surface area contributed by atoms with Crippen LogP contribution in [0.5, 0.6) is 0 Å². The molecule has 0 saturated carbocycles. The molecule has 4 N–H and O–H groups in total. The predicted octanol–water partition coefficient (Wildman–Crippen LogP) is 0.456. The smallest absolute Gasteiger partial charge is 0.332 e. The van der Waals surface area contributed by atoms with Crippen molar-refractivity contribution in [2.24, 2.45) is 12.9 Å². The van der Waals surface area contributed by atoms with Gasteiger partial charge in [0.2, 0.25) is 11.8 Å². The van der Waals surface area contributed by atoms with E-state index in [-0.39, 0.29) is 23.1 Å². The van der Waals surface area contributed by atoms with E-state index in [1.54, 1.807) is 17.9 Å². The minimum atomic E-state index is -0.547. The predicted molar refractivity (Wildman–Crippen MR) is 67.7 cm³/mol. The SMILES string of the molecule is Cc1nc(NN)nc(Nc2cnn(C)c2)c1[N+](=O)[O-]. The summed E-state index contributed by atoms with van der Waals surface area (Å²) in [6.45, 7) is 1.51. The Morgan fingerprint density at radius 3 is 2.74 bits per heavy atom. The number of hydrogen-bond donors (Lipinski definition) is 3. The minimum Gasteiger partial charge on any atom is -0.332 e. The second-order valence-corrected chi connectivity index (χ2v) is 3.76. The second kappa shape index (κ2) is 4.86. The van der Waals surface area contributed by atoms with Gasteiger partial charge in [-0.3, -0.25) is 20.2 Å². The summed E-state index contributed by atoms with van der Waals surface area (Å²) in [6.07, 6.45) is 3.19. The lowest BCUT2D eigenvalue weighted by Crippen LogP contribution is -2.13. The molecule has 0 bridgehead atoms. The molecule has 0 saturated heterocycles. The van der Waals surface area contributed by atoms with Crippen LogP contribution in [0.4, 0.5) is 23.1 Å². The number of nitrogens with zero attached hydrogens (tertiary/aromatic N) is 5. The standard InChI is InChI=1S/C9H12N8O2/c1-5-7(17(18)19)8(14-9(12-5)15-10)13-6-3-11-16(2)4-6/h3-4H,10H2,1-2H3,(H2,12,13,14,15). The molecule has 10 heteroatoms. The maximum atomic E-state index is 11.1. The average molecular weight is 264 g/mol. The van der Waals surface area contributed by atoms with Gasteiger partial charge in [-0.2, -0.15) is 10.1 Å². The van der Waals surface area contributed by atoms with Gasteiger partial charge in [-0.25, -0.2) is 10.8 Å². The molecule has 2 rings (SSSR count). The summed E-state index contributed by atoms with van der Waals surface area (Å²) in [7, 11) is 1.73. The van der Waals surface area contributed by atoms with Gasteiger partial charge in [-0.05, 0) is 6.92 Å². The molecule has 0 aromatic carbocycles. The summed E-state index contributed by atoms with van der Waals surface area (Å²) >= 11 is 0. The Hall–Kier alpha value is -2.75. The van der Waals surface area contributed by atoms with Crippen molar-refractivity contribution >= 4 is 23.1 Å². The van der Waals surface area contributed by atoms with Crippen LogP contribution in [0.2, 0.25) is 0 Å². The normalized spacial score (nSPS) is 10.3. The van der Waals surface area contributed by atoms with E-state index >= 15 is 0 Å². The van der Waals surface area contributed by atoms with Crippen molar-refractivity contribution in [3.63, 3.8) is 0 Å². The number of nitrogens with one attached hydrogen (secondary N) is 2. The first-order valence-electron chi connectivity index (χ1n) is 5.26. The summed E-state index contributed by atoms with van der Waals surface area (Å²) in [6, 6.07) is 0. The van der Waals surface area contributed by atoms with Gasteiger partial charge in [0.1, 0.15) is 5.69 Å². The molecular weight excluding hydrogens is 252 g/mol. The van der Waals surface area contributed by atoms with E-state index in [9.17, 15) is 10.1 Å². The van der Waals surface area contributed by atoms with E-state index in [1.165, 1.54) is 13.1 Å². The highest BCUT2D eigenvalue weighted by Crippen LogP contribution is 2.28. The molecule has 100 valence electrons. The number of nitrogens with two attached hydrogens (primary N) is 1. The Kier molecular flexibility index (Phi) is 3.25. The molecule has 0 spiro atoms. The highest BCUT2D eigenvalue weighted by atomic mass is 16.6. The number of rotatable bonds is 4. The molecule has 0 atom stereocenters. The first-order valence-corrected chi connectivity index (χ1v) is 5.26. The Balaban J connectivity index is 2.47. The topological polar surface area (TPSA) is 137 Å². The van der Waals surface area contributed by atoms with E-state index in [0.717, 1.165) is 0 Å². The molecule has 2 aromatic rings. The highest BCUT2D eigenvalue weighted by molar-refractivity contribution is 5.67. The fraction of sp³-hybridized carbons (Fsp3) is 0.222. The second-order valence-electron chi connectivity index (χ2n) is 3.76. The van der Waals surface area contributed by atoms with E-state index in [1.807, 2.05) is 0 Å². The molecule has 0 aliphatic heterocycles. The van der Waals surface area contributed by atoms with Gasteiger partial charge in [0.15, 0.2) is 0 Å². The van der Waals surface area contributed by atoms with Crippen LogP contribution in [-0.2, 0) is 7.05 Å². The molecule has 0 radical (unpaired) electrons. The number of hydrogen-bond acceptors (Lipinski definition) is 8. The molecular formula is C9H12N8O2. The van der Waals surface area contributed by atoms with Crippen LogP contribution in [0.1, 0.15) is 5.69 Å². The van der Waals surface area contributed by atoms with Crippen molar-refractivity contribution in [2.45, 2.75) is 6.92 Å². The van der Waals surface area contributed by atoms with E-state index in [4.69, 9.17) is 5.84 Å². The van der Waals surface area contributed by atoms with Crippen LogP contribution in [-0.4, -0.2) is 24.7 Å². The van der Waals surface area contributed by atoms with E-state index in [2.05, 4.69) is 25.8 Å². The number of anilines is 3. The van der Waals surface area contributed by atoms with Crippen molar-refractivity contribution in [3.8, 4) is 0 Å². The van der Waals surface area contributed by atoms with Gasteiger partial charge in [-0.15, -0.1) is 0 Å². The number of aromatic nitrogens is 4. The first-order chi connectivity index (χ1) is 9.01. The fourth-order valence-electron chi connectivity index (χ4n) is 1.56. The fourth-order valence-corrected chi connectivity index (χ4v) is 1.56. The van der Waals surface area contributed by atoms with Gasteiger partial charge in [0, 0.05) is 13.2 Å². The third-order valence-corrected chi connectivity index (χ3v) is 2.34. The average Bonchev–Trinajstić information content (AvgIpc) is 2.73. The quantitative estimate of drug-likeness (QED) is 0.411. The van der Waals surface area contributed by atoms with Crippen LogP contribution < -0.4 is 16.6 Å².